The van der Waals surface area contributed by atoms with E-state index in [9.17, 15) is 5.11 Å². The molecule has 1 aliphatic heterocycles. The molecule has 2 nitrogen and oxygen atoms in total. The van der Waals surface area contributed by atoms with Gasteiger partial charge in [0.15, 0.2) is 0 Å². The third kappa shape index (κ3) is 2.58. The van der Waals surface area contributed by atoms with E-state index in [0.29, 0.717) is 11.4 Å². The number of halogens is 2. The van der Waals surface area contributed by atoms with E-state index in [0.717, 1.165) is 26.9 Å². The molecule has 3 rings (SSSR count). The van der Waals surface area contributed by atoms with Gasteiger partial charge in [0.25, 0.3) is 0 Å². The van der Waals surface area contributed by atoms with Gasteiger partial charge in [-0.25, -0.2) is 0 Å². The van der Waals surface area contributed by atoms with Crippen molar-refractivity contribution < 1.29 is 9.84 Å². The highest BCUT2D eigenvalue weighted by Crippen LogP contribution is 2.43. The molecule has 0 amide bonds. The Morgan fingerprint density at radius 3 is 2.80 bits per heavy atom. The number of rotatable bonds is 1. The van der Waals surface area contributed by atoms with E-state index in [1.54, 1.807) is 0 Å². The fourth-order valence-corrected chi connectivity index (χ4v) is 3.14. The molecular weight excluding hydrogens is 340 g/mol. The average molecular weight is 354 g/mol. The number of benzene rings is 2. The fraction of sp³-hybridized carbons (Fsp3) is 0.250. The zero-order valence-electron chi connectivity index (χ0n) is 10.9. The van der Waals surface area contributed by atoms with E-state index in [-0.39, 0.29) is 6.10 Å². The van der Waals surface area contributed by atoms with Gasteiger partial charge in [0.05, 0.1) is 6.10 Å². The summed E-state index contributed by atoms with van der Waals surface area (Å²) in [4.78, 5) is 0. The van der Waals surface area contributed by atoms with E-state index in [1.807, 2.05) is 43.3 Å². The zero-order chi connectivity index (χ0) is 14.3. The highest BCUT2D eigenvalue weighted by Gasteiger charge is 2.29. The topological polar surface area (TPSA) is 29.5 Å². The second-order valence-corrected chi connectivity index (χ2v) is 6.39. The third-order valence-corrected chi connectivity index (χ3v) is 4.37. The number of ether oxygens (including phenoxy) is 1. The average Bonchev–Trinajstić information content (AvgIpc) is 2.42. The Balaban J connectivity index is 1.99. The number of aliphatic hydroxyl groups is 1. The molecule has 0 saturated carbocycles. The predicted octanol–water partition coefficient (Wildman–Crippen LogP) is 4.97. The minimum atomic E-state index is -0.529. The molecule has 1 unspecified atom stereocenters. The molecule has 2 aromatic rings. The van der Waals surface area contributed by atoms with Gasteiger partial charge in [0.2, 0.25) is 0 Å². The van der Waals surface area contributed by atoms with Gasteiger partial charge < -0.3 is 9.84 Å². The van der Waals surface area contributed by atoms with Gasteiger partial charge in [0, 0.05) is 27.0 Å². The summed E-state index contributed by atoms with van der Waals surface area (Å²) in [5, 5.41) is 11.0. The summed E-state index contributed by atoms with van der Waals surface area (Å²) in [6.07, 6.45) is -0.254. The number of aryl methyl sites for hydroxylation is 1. The van der Waals surface area contributed by atoms with Crippen molar-refractivity contribution in [2.75, 3.05) is 0 Å². The third-order valence-electron chi connectivity index (χ3n) is 3.54. The summed E-state index contributed by atoms with van der Waals surface area (Å²) < 4.78 is 6.96. The molecule has 0 spiro atoms. The SMILES string of the molecule is Cc1ccc2c(c1)[C@H](O)CC(c1cc(Br)ccc1Cl)O2. The van der Waals surface area contributed by atoms with Crippen molar-refractivity contribution in [1.82, 2.24) is 0 Å². The Labute approximate surface area is 131 Å². The van der Waals surface area contributed by atoms with Crippen LogP contribution in [0.25, 0.3) is 0 Å². The molecule has 0 saturated heterocycles. The van der Waals surface area contributed by atoms with Crippen LogP contribution in [-0.2, 0) is 0 Å². The Hall–Kier alpha value is -1.03. The Morgan fingerprint density at radius 2 is 2.00 bits per heavy atom. The van der Waals surface area contributed by atoms with Crippen LogP contribution in [0.2, 0.25) is 5.02 Å². The normalized spacial score (nSPS) is 21.2. The van der Waals surface area contributed by atoms with Gasteiger partial charge in [-0.15, -0.1) is 0 Å². The first-order valence-corrected chi connectivity index (χ1v) is 7.62. The number of hydrogen-bond acceptors (Lipinski definition) is 2. The van der Waals surface area contributed by atoms with Crippen LogP contribution < -0.4 is 4.74 Å². The van der Waals surface area contributed by atoms with Crippen LogP contribution in [0, 0.1) is 6.92 Å². The fourth-order valence-electron chi connectivity index (χ4n) is 2.52. The van der Waals surface area contributed by atoms with Crippen molar-refractivity contribution in [2.45, 2.75) is 25.6 Å². The van der Waals surface area contributed by atoms with E-state index in [2.05, 4.69) is 15.9 Å². The first-order chi connectivity index (χ1) is 9.54. The summed E-state index contributed by atoms with van der Waals surface area (Å²) >= 11 is 9.69. The maximum absolute atomic E-state index is 10.3. The Kier molecular flexibility index (Phi) is 3.76. The van der Waals surface area contributed by atoms with Crippen LogP contribution in [0.15, 0.2) is 40.9 Å². The predicted molar refractivity (Wildman–Crippen MR) is 83.3 cm³/mol. The van der Waals surface area contributed by atoms with E-state index in [1.165, 1.54) is 0 Å². The maximum Gasteiger partial charge on any atom is 0.128 e. The van der Waals surface area contributed by atoms with Gasteiger partial charge in [0.1, 0.15) is 11.9 Å². The molecule has 0 radical (unpaired) electrons. The van der Waals surface area contributed by atoms with Gasteiger partial charge >= 0.3 is 0 Å². The van der Waals surface area contributed by atoms with Crippen LogP contribution in [-0.4, -0.2) is 5.11 Å². The largest absolute Gasteiger partial charge is 0.485 e. The summed E-state index contributed by atoms with van der Waals surface area (Å²) in [7, 11) is 0. The molecule has 1 aliphatic rings. The van der Waals surface area contributed by atoms with Gasteiger partial charge in [-0.2, -0.15) is 0 Å². The number of hydrogen-bond donors (Lipinski definition) is 1. The van der Waals surface area contributed by atoms with Crippen LogP contribution in [0.3, 0.4) is 0 Å². The van der Waals surface area contributed by atoms with Crippen molar-refractivity contribution in [3.8, 4) is 5.75 Å². The van der Waals surface area contributed by atoms with Crippen LogP contribution in [0.5, 0.6) is 5.75 Å². The lowest BCUT2D eigenvalue weighted by Gasteiger charge is -2.30. The summed E-state index contributed by atoms with van der Waals surface area (Å²) in [5.74, 6) is 0.732. The van der Waals surface area contributed by atoms with Crippen molar-refractivity contribution >= 4 is 27.5 Å². The van der Waals surface area contributed by atoms with Crippen LogP contribution in [0.1, 0.15) is 35.3 Å². The van der Waals surface area contributed by atoms with Crippen molar-refractivity contribution in [3.05, 3.63) is 62.6 Å². The monoisotopic (exact) mass is 352 g/mol. The van der Waals surface area contributed by atoms with Gasteiger partial charge in [-0.3, -0.25) is 0 Å². The van der Waals surface area contributed by atoms with E-state index >= 15 is 0 Å². The first kappa shape index (κ1) is 13.9. The van der Waals surface area contributed by atoms with Crippen molar-refractivity contribution in [1.29, 1.82) is 0 Å². The smallest absolute Gasteiger partial charge is 0.128 e. The Bertz CT molecular complexity index is 657. The lowest BCUT2D eigenvalue weighted by Crippen LogP contribution is -2.19. The quantitative estimate of drug-likeness (QED) is 0.784. The molecule has 0 aromatic heterocycles. The molecular formula is C16H14BrClO2. The molecule has 1 heterocycles. The summed E-state index contributed by atoms with van der Waals surface area (Å²) in [6.45, 7) is 2.00. The molecule has 2 aromatic carbocycles. The summed E-state index contributed by atoms with van der Waals surface area (Å²) in [6, 6.07) is 11.5. The van der Waals surface area contributed by atoms with E-state index < -0.39 is 6.10 Å². The second kappa shape index (κ2) is 5.40. The molecule has 1 N–H and O–H groups in total. The number of aliphatic hydroxyl groups excluding tert-OH is 1. The van der Waals surface area contributed by atoms with Crippen LogP contribution >= 0.6 is 27.5 Å². The second-order valence-electron chi connectivity index (χ2n) is 5.07. The zero-order valence-corrected chi connectivity index (χ0v) is 13.3. The highest BCUT2D eigenvalue weighted by atomic mass is 79.9. The highest BCUT2D eigenvalue weighted by molar-refractivity contribution is 9.10. The standard InChI is InChI=1S/C16H14BrClO2/c1-9-2-5-15-12(6-9)14(19)8-16(20-15)11-7-10(17)3-4-13(11)18/h2-7,14,16,19H,8H2,1H3/t14-,16?/m1/s1. The van der Waals surface area contributed by atoms with Crippen molar-refractivity contribution in [3.63, 3.8) is 0 Å². The molecule has 2 atom stereocenters. The minimum absolute atomic E-state index is 0.231. The van der Waals surface area contributed by atoms with Gasteiger partial charge in [-0.05, 0) is 37.3 Å². The molecule has 104 valence electrons. The summed E-state index contributed by atoms with van der Waals surface area (Å²) in [5.41, 5.74) is 2.86. The molecule has 20 heavy (non-hydrogen) atoms. The lowest BCUT2D eigenvalue weighted by molar-refractivity contribution is 0.0657. The van der Waals surface area contributed by atoms with Crippen LogP contribution in [0.4, 0.5) is 0 Å². The Morgan fingerprint density at radius 1 is 1.20 bits per heavy atom. The van der Waals surface area contributed by atoms with Gasteiger partial charge in [-0.1, -0.05) is 39.2 Å². The molecule has 4 heteroatoms. The van der Waals surface area contributed by atoms with Crippen molar-refractivity contribution in [2.24, 2.45) is 0 Å². The maximum atomic E-state index is 10.3. The number of fused-ring (bicyclic) bond motifs is 1. The minimum Gasteiger partial charge on any atom is -0.485 e. The molecule has 0 fully saturated rings. The molecule has 0 aliphatic carbocycles. The lowest BCUT2D eigenvalue weighted by atomic mass is 9.94. The molecule has 0 bridgehead atoms. The van der Waals surface area contributed by atoms with E-state index in [4.69, 9.17) is 16.3 Å². The first-order valence-electron chi connectivity index (χ1n) is 6.45.